The Morgan fingerprint density at radius 3 is 2.15 bits per heavy atom. The van der Waals surface area contributed by atoms with Gasteiger partial charge in [0.15, 0.2) is 14.1 Å². The predicted octanol–water partition coefficient (Wildman–Crippen LogP) is 8.85. The fourth-order valence-corrected chi connectivity index (χ4v) is 11.8. The standard InChI is InChI=1S/C32H57O7PSi/c1-12-34-40(33,35-13-2)38-21-16-18-31(8)23-17-19-32(9)22(14-15-25(32)39-41(10,11)29(3,4)5)26(23)28-27(24(31)20-21)36-30(6,7)37-28/h20,22-28H,12-19H2,1-11H3/t22-,23-,24+,25-,26-,27+,28+,31+,32-/m0/s1. The molecule has 3 saturated carbocycles. The first kappa shape index (κ1) is 32.2. The van der Waals surface area contributed by atoms with Crippen molar-refractivity contribution in [3.05, 3.63) is 11.8 Å². The summed E-state index contributed by atoms with van der Waals surface area (Å²) >= 11 is 0. The Balaban J connectivity index is 1.47. The van der Waals surface area contributed by atoms with E-state index in [4.69, 9.17) is 27.5 Å². The Morgan fingerprint density at radius 1 is 0.927 bits per heavy atom. The van der Waals surface area contributed by atoms with Gasteiger partial charge in [0.25, 0.3) is 0 Å². The van der Waals surface area contributed by atoms with Gasteiger partial charge in [-0.25, -0.2) is 4.57 Å². The monoisotopic (exact) mass is 612 g/mol. The van der Waals surface area contributed by atoms with Crippen LogP contribution in [0.3, 0.4) is 0 Å². The second-order valence-electron chi connectivity index (χ2n) is 15.9. The minimum Gasteiger partial charge on any atom is -0.413 e. The largest absolute Gasteiger partial charge is 0.529 e. The van der Waals surface area contributed by atoms with Crippen molar-refractivity contribution in [1.29, 1.82) is 0 Å². The molecular weight excluding hydrogens is 555 g/mol. The summed E-state index contributed by atoms with van der Waals surface area (Å²) in [6.45, 7) is 25.1. The molecule has 0 spiro atoms. The van der Waals surface area contributed by atoms with Crippen LogP contribution in [-0.2, 0) is 32.0 Å². The molecule has 5 aliphatic rings. The molecule has 0 bridgehead atoms. The van der Waals surface area contributed by atoms with Crippen LogP contribution in [0.15, 0.2) is 11.8 Å². The molecule has 0 radical (unpaired) electrons. The fraction of sp³-hybridized carbons (Fsp3) is 0.938. The zero-order valence-electron chi connectivity index (χ0n) is 27.6. The van der Waals surface area contributed by atoms with E-state index < -0.39 is 21.9 Å². The zero-order valence-corrected chi connectivity index (χ0v) is 29.5. The predicted molar refractivity (Wildman–Crippen MR) is 164 cm³/mol. The summed E-state index contributed by atoms with van der Waals surface area (Å²) < 4.78 is 51.0. The van der Waals surface area contributed by atoms with E-state index in [1.54, 1.807) is 13.8 Å². The fourth-order valence-electron chi connectivity index (χ4n) is 9.05. The topological polar surface area (TPSA) is 72.5 Å². The molecule has 4 aliphatic carbocycles. The number of rotatable bonds is 8. The maximum atomic E-state index is 13.3. The summed E-state index contributed by atoms with van der Waals surface area (Å²) in [7, 11) is -5.54. The van der Waals surface area contributed by atoms with Crippen molar-refractivity contribution < 1.29 is 32.0 Å². The summed E-state index contributed by atoms with van der Waals surface area (Å²) in [6, 6.07) is 0. The van der Waals surface area contributed by atoms with E-state index in [2.05, 4.69) is 67.6 Å². The minimum absolute atomic E-state index is 0.0190. The smallest absolute Gasteiger partial charge is 0.413 e. The first-order valence-corrected chi connectivity index (χ1v) is 20.6. The molecular formula is C32H57O7PSi. The van der Waals surface area contributed by atoms with Crippen molar-refractivity contribution in [3.63, 3.8) is 0 Å². The normalized spacial score (nSPS) is 42.1. The second-order valence-corrected chi connectivity index (χ2v) is 22.2. The summed E-state index contributed by atoms with van der Waals surface area (Å²) in [6.07, 6.45) is 8.84. The Bertz CT molecular complexity index is 1060. The summed E-state index contributed by atoms with van der Waals surface area (Å²) in [5.41, 5.74) is 0.199. The lowest BCUT2D eigenvalue weighted by Gasteiger charge is -2.62. The van der Waals surface area contributed by atoms with Crippen molar-refractivity contribution in [2.75, 3.05) is 13.2 Å². The van der Waals surface area contributed by atoms with E-state index in [9.17, 15) is 4.57 Å². The third-order valence-corrected chi connectivity index (χ3v) is 18.2. The van der Waals surface area contributed by atoms with Gasteiger partial charge in [-0.1, -0.05) is 34.6 Å². The first-order valence-electron chi connectivity index (χ1n) is 16.2. The van der Waals surface area contributed by atoms with Gasteiger partial charge in [0, 0.05) is 12.3 Å². The lowest BCUT2D eigenvalue weighted by Crippen LogP contribution is -2.62. The van der Waals surface area contributed by atoms with Crippen LogP contribution in [0.1, 0.15) is 101 Å². The van der Waals surface area contributed by atoms with Crippen LogP contribution in [-0.4, -0.2) is 45.6 Å². The molecule has 1 saturated heterocycles. The molecule has 4 fully saturated rings. The van der Waals surface area contributed by atoms with Gasteiger partial charge in [-0.15, -0.1) is 0 Å². The van der Waals surface area contributed by atoms with Crippen LogP contribution in [0.2, 0.25) is 18.1 Å². The molecule has 9 heteroatoms. The summed E-state index contributed by atoms with van der Waals surface area (Å²) in [5, 5.41) is 0.199. The first-order chi connectivity index (χ1) is 18.9. The van der Waals surface area contributed by atoms with Gasteiger partial charge in [-0.2, -0.15) is 0 Å². The molecule has 1 heterocycles. The van der Waals surface area contributed by atoms with E-state index >= 15 is 0 Å². The van der Waals surface area contributed by atoms with E-state index in [-0.39, 0.29) is 47.2 Å². The van der Waals surface area contributed by atoms with Crippen LogP contribution in [0.25, 0.3) is 0 Å². The number of phosphoric ester groups is 1. The maximum absolute atomic E-state index is 13.3. The highest BCUT2D eigenvalue weighted by molar-refractivity contribution is 7.48. The Kier molecular flexibility index (Phi) is 8.40. The highest BCUT2D eigenvalue weighted by atomic mass is 31.2. The van der Waals surface area contributed by atoms with Gasteiger partial charge in [0.1, 0.15) is 5.76 Å². The van der Waals surface area contributed by atoms with Crippen molar-refractivity contribution in [2.24, 2.45) is 34.5 Å². The molecule has 0 aromatic carbocycles. The van der Waals surface area contributed by atoms with Gasteiger partial charge < -0.3 is 18.4 Å². The van der Waals surface area contributed by atoms with Gasteiger partial charge in [0.05, 0.1) is 31.5 Å². The molecule has 0 aromatic rings. The molecule has 236 valence electrons. The SMILES string of the molecule is CCOP(=O)(OCC)OC1=C[C@@H]2[C@H]3OC(C)(C)O[C@@H]3[C@@H]3[C@H](CC[C@]4(C)[C@@H](O[Si](C)(C)C(C)(C)C)CC[C@@H]34)[C@@]2(C)CC1. The van der Waals surface area contributed by atoms with Crippen LogP contribution in [0, 0.1) is 34.5 Å². The molecule has 0 N–H and O–H groups in total. The van der Waals surface area contributed by atoms with Crippen molar-refractivity contribution in [1.82, 2.24) is 0 Å². The average Bonchev–Trinajstić information content (AvgIpc) is 3.34. The maximum Gasteiger partial charge on any atom is 0.529 e. The molecule has 5 rings (SSSR count). The molecule has 41 heavy (non-hydrogen) atoms. The van der Waals surface area contributed by atoms with Crippen LogP contribution < -0.4 is 0 Å². The third kappa shape index (κ3) is 5.48. The number of hydrogen-bond donors (Lipinski definition) is 0. The Hall–Kier alpha value is -0.213. The number of ether oxygens (including phenoxy) is 2. The van der Waals surface area contributed by atoms with E-state index in [1.807, 2.05) is 0 Å². The number of fused-ring (bicyclic) bond motifs is 8. The van der Waals surface area contributed by atoms with Crippen molar-refractivity contribution in [2.45, 2.75) is 143 Å². The summed E-state index contributed by atoms with van der Waals surface area (Å²) in [5.74, 6) is 1.68. The highest BCUT2D eigenvalue weighted by Crippen LogP contribution is 2.69. The molecule has 0 aromatic heterocycles. The molecule has 7 nitrogen and oxygen atoms in total. The molecule has 0 amide bonds. The van der Waals surface area contributed by atoms with Gasteiger partial charge in [-0.3, -0.25) is 9.05 Å². The van der Waals surface area contributed by atoms with Crippen molar-refractivity contribution in [3.8, 4) is 0 Å². The van der Waals surface area contributed by atoms with Crippen LogP contribution in [0.5, 0.6) is 0 Å². The highest BCUT2D eigenvalue weighted by Gasteiger charge is 2.68. The van der Waals surface area contributed by atoms with E-state index in [1.165, 1.54) is 19.3 Å². The average molecular weight is 613 g/mol. The van der Waals surface area contributed by atoms with E-state index in [0.717, 1.165) is 19.3 Å². The van der Waals surface area contributed by atoms with E-state index in [0.29, 0.717) is 29.6 Å². The van der Waals surface area contributed by atoms with Gasteiger partial charge >= 0.3 is 7.82 Å². The van der Waals surface area contributed by atoms with Crippen LogP contribution >= 0.6 is 7.82 Å². The second kappa shape index (κ2) is 10.7. The summed E-state index contributed by atoms with van der Waals surface area (Å²) in [4.78, 5) is 0. The molecule has 1 aliphatic heterocycles. The lowest BCUT2D eigenvalue weighted by molar-refractivity contribution is -0.171. The zero-order chi connectivity index (χ0) is 30.2. The number of hydrogen-bond acceptors (Lipinski definition) is 7. The number of allylic oxidation sites excluding steroid dienone is 1. The van der Waals surface area contributed by atoms with Gasteiger partial charge in [0.2, 0.25) is 0 Å². The quantitative estimate of drug-likeness (QED) is 0.200. The van der Waals surface area contributed by atoms with Gasteiger partial charge in [-0.05, 0) is 113 Å². The molecule has 0 unspecified atom stereocenters. The van der Waals surface area contributed by atoms with Crippen molar-refractivity contribution >= 4 is 16.1 Å². The van der Waals surface area contributed by atoms with Crippen LogP contribution in [0.4, 0.5) is 0 Å². The number of phosphoric acid groups is 1. The Morgan fingerprint density at radius 2 is 1.54 bits per heavy atom. The lowest BCUT2D eigenvalue weighted by atomic mass is 9.44. The Labute approximate surface area is 250 Å². The minimum atomic E-state index is -3.65. The molecule has 9 atom stereocenters. The third-order valence-electron chi connectivity index (χ3n) is 12.1.